The minimum atomic E-state index is 0.799. The van der Waals surface area contributed by atoms with E-state index in [-0.39, 0.29) is 0 Å². The van der Waals surface area contributed by atoms with Crippen molar-refractivity contribution in [2.75, 3.05) is 6.61 Å². The lowest BCUT2D eigenvalue weighted by molar-refractivity contribution is 0.299. The molecule has 0 amide bonds. The lowest BCUT2D eigenvalue weighted by Gasteiger charge is -2.09. The first-order valence-electron chi connectivity index (χ1n) is 5.15. The summed E-state index contributed by atoms with van der Waals surface area (Å²) >= 11 is 0. The van der Waals surface area contributed by atoms with Crippen molar-refractivity contribution in [3.05, 3.63) is 35.9 Å². The van der Waals surface area contributed by atoms with Crippen LogP contribution >= 0.6 is 0 Å². The van der Waals surface area contributed by atoms with Crippen molar-refractivity contribution in [3.63, 3.8) is 0 Å². The molecule has 0 saturated heterocycles. The monoisotopic (exact) mass is 188 g/mol. The molecule has 1 aliphatic rings. The van der Waals surface area contributed by atoms with Crippen LogP contribution < -0.4 is 4.74 Å². The van der Waals surface area contributed by atoms with Gasteiger partial charge in [-0.2, -0.15) is 0 Å². The Balaban J connectivity index is 2.11. The number of hydrogen-bond acceptors (Lipinski definition) is 1. The highest BCUT2D eigenvalue weighted by molar-refractivity contribution is 5.56. The Morgan fingerprint density at radius 2 is 2.29 bits per heavy atom. The quantitative estimate of drug-likeness (QED) is 0.703. The van der Waals surface area contributed by atoms with Gasteiger partial charge in [0.05, 0.1) is 6.61 Å². The van der Waals surface area contributed by atoms with Gasteiger partial charge in [0.1, 0.15) is 5.75 Å². The van der Waals surface area contributed by atoms with Gasteiger partial charge in [-0.05, 0) is 37.3 Å². The fraction of sp³-hybridized carbons (Fsp3) is 0.385. The molecule has 0 N–H and O–H groups in total. The van der Waals surface area contributed by atoms with E-state index in [2.05, 4.69) is 31.7 Å². The Labute approximate surface area is 85.4 Å². The summed E-state index contributed by atoms with van der Waals surface area (Å²) < 4.78 is 5.76. The van der Waals surface area contributed by atoms with Crippen LogP contribution in [0.2, 0.25) is 0 Å². The molecule has 1 aromatic carbocycles. The number of rotatable bonds is 4. The van der Waals surface area contributed by atoms with E-state index in [1.165, 1.54) is 18.4 Å². The zero-order chi connectivity index (χ0) is 9.97. The van der Waals surface area contributed by atoms with E-state index < -0.39 is 0 Å². The molecular formula is C13H16O. The number of aryl methyl sites for hydroxylation is 1. The third-order valence-corrected chi connectivity index (χ3v) is 2.56. The van der Waals surface area contributed by atoms with Crippen molar-refractivity contribution < 1.29 is 4.74 Å². The highest BCUT2D eigenvalue weighted by Gasteiger charge is 2.22. The zero-order valence-corrected chi connectivity index (χ0v) is 8.62. The average molecular weight is 188 g/mol. The molecule has 1 fully saturated rings. The molecule has 1 nitrogen and oxygen atoms in total. The van der Waals surface area contributed by atoms with Crippen molar-refractivity contribution >= 4 is 6.08 Å². The summed E-state index contributed by atoms with van der Waals surface area (Å²) in [4.78, 5) is 0. The predicted octanol–water partition coefficient (Wildman–Crippen LogP) is 3.43. The van der Waals surface area contributed by atoms with Gasteiger partial charge in [0, 0.05) is 5.56 Å². The summed E-state index contributed by atoms with van der Waals surface area (Å²) in [6, 6.07) is 6.23. The predicted molar refractivity (Wildman–Crippen MR) is 59.5 cm³/mol. The fourth-order valence-electron chi connectivity index (χ4n) is 1.43. The van der Waals surface area contributed by atoms with Crippen LogP contribution in [-0.2, 0) is 0 Å². The Morgan fingerprint density at radius 1 is 1.50 bits per heavy atom. The fourth-order valence-corrected chi connectivity index (χ4v) is 1.43. The van der Waals surface area contributed by atoms with Gasteiger partial charge < -0.3 is 4.74 Å². The summed E-state index contributed by atoms with van der Waals surface area (Å²) in [5, 5.41) is 0. The summed E-state index contributed by atoms with van der Waals surface area (Å²) in [5.41, 5.74) is 2.33. The SMILES string of the molecule is C=Cc1ccc(C)cc1OCC1CC1. The second-order valence-electron chi connectivity index (χ2n) is 4.00. The summed E-state index contributed by atoms with van der Waals surface area (Å²) in [6.07, 6.45) is 4.51. The first kappa shape index (κ1) is 9.32. The number of ether oxygens (including phenoxy) is 1. The van der Waals surface area contributed by atoms with Crippen molar-refractivity contribution in [2.45, 2.75) is 19.8 Å². The topological polar surface area (TPSA) is 9.23 Å². The summed E-state index contributed by atoms with van der Waals surface area (Å²) in [5.74, 6) is 1.78. The Morgan fingerprint density at radius 3 is 2.93 bits per heavy atom. The van der Waals surface area contributed by atoms with Crippen LogP contribution in [0.25, 0.3) is 6.08 Å². The van der Waals surface area contributed by atoms with E-state index in [0.29, 0.717) is 0 Å². The molecule has 1 aromatic rings. The minimum absolute atomic E-state index is 0.799. The summed E-state index contributed by atoms with van der Waals surface area (Å²) in [7, 11) is 0. The first-order valence-corrected chi connectivity index (χ1v) is 5.15. The number of hydrogen-bond donors (Lipinski definition) is 0. The Bertz CT molecular complexity index is 337. The van der Waals surface area contributed by atoms with Crippen molar-refractivity contribution in [2.24, 2.45) is 5.92 Å². The van der Waals surface area contributed by atoms with Gasteiger partial charge in [0.25, 0.3) is 0 Å². The van der Waals surface area contributed by atoms with Gasteiger partial charge in [-0.1, -0.05) is 24.8 Å². The third-order valence-electron chi connectivity index (χ3n) is 2.56. The highest BCUT2D eigenvalue weighted by atomic mass is 16.5. The van der Waals surface area contributed by atoms with Gasteiger partial charge in [-0.25, -0.2) is 0 Å². The molecule has 0 heterocycles. The van der Waals surface area contributed by atoms with Gasteiger partial charge in [-0.3, -0.25) is 0 Å². The molecule has 74 valence electrons. The molecule has 0 spiro atoms. The molecule has 0 unspecified atom stereocenters. The van der Waals surface area contributed by atoms with Crippen LogP contribution in [0.15, 0.2) is 24.8 Å². The lowest BCUT2D eigenvalue weighted by atomic mass is 10.1. The second kappa shape index (κ2) is 3.87. The maximum absolute atomic E-state index is 5.76. The van der Waals surface area contributed by atoms with Crippen LogP contribution in [0.1, 0.15) is 24.0 Å². The Kier molecular flexibility index (Phi) is 2.58. The average Bonchev–Trinajstić information content (AvgIpc) is 2.98. The molecule has 1 heteroatoms. The standard InChI is InChI=1S/C13H16O/c1-3-12-7-4-10(2)8-13(12)14-9-11-5-6-11/h3-4,7-8,11H,1,5-6,9H2,2H3. The minimum Gasteiger partial charge on any atom is -0.493 e. The molecule has 0 atom stereocenters. The molecular weight excluding hydrogens is 172 g/mol. The van der Waals surface area contributed by atoms with Crippen LogP contribution in [0, 0.1) is 12.8 Å². The molecule has 0 radical (unpaired) electrons. The van der Waals surface area contributed by atoms with Gasteiger partial charge in [-0.15, -0.1) is 0 Å². The van der Waals surface area contributed by atoms with E-state index in [0.717, 1.165) is 23.8 Å². The van der Waals surface area contributed by atoms with E-state index in [9.17, 15) is 0 Å². The Hall–Kier alpha value is -1.24. The van der Waals surface area contributed by atoms with E-state index >= 15 is 0 Å². The zero-order valence-electron chi connectivity index (χ0n) is 8.62. The molecule has 1 aliphatic carbocycles. The lowest BCUT2D eigenvalue weighted by Crippen LogP contribution is -2.00. The highest BCUT2D eigenvalue weighted by Crippen LogP contribution is 2.30. The molecule has 1 saturated carbocycles. The smallest absolute Gasteiger partial charge is 0.126 e. The molecule has 14 heavy (non-hydrogen) atoms. The molecule has 2 rings (SSSR count). The van der Waals surface area contributed by atoms with E-state index in [1.54, 1.807) is 0 Å². The summed E-state index contributed by atoms with van der Waals surface area (Å²) in [6.45, 7) is 6.73. The molecule has 0 aromatic heterocycles. The maximum atomic E-state index is 5.76. The number of benzene rings is 1. The third kappa shape index (κ3) is 2.16. The van der Waals surface area contributed by atoms with Gasteiger partial charge in [0.15, 0.2) is 0 Å². The van der Waals surface area contributed by atoms with Crippen LogP contribution in [-0.4, -0.2) is 6.61 Å². The van der Waals surface area contributed by atoms with Gasteiger partial charge >= 0.3 is 0 Å². The first-order chi connectivity index (χ1) is 6.79. The van der Waals surface area contributed by atoms with Crippen molar-refractivity contribution in [1.82, 2.24) is 0 Å². The maximum Gasteiger partial charge on any atom is 0.126 e. The van der Waals surface area contributed by atoms with Crippen LogP contribution in [0.3, 0.4) is 0 Å². The second-order valence-corrected chi connectivity index (χ2v) is 4.00. The van der Waals surface area contributed by atoms with E-state index in [1.807, 2.05) is 6.08 Å². The van der Waals surface area contributed by atoms with Crippen LogP contribution in [0.5, 0.6) is 5.75 Å². The van der Waals surface area contributed by atoms with Gasteiger partial charge in [0.2, 0.25) is 0 Å². The van der Waals surface area contributed by atoms with Crippen LogP contribution in [0.4, 0.5) is 0 Å². The van der Waals surface area contributed by atoms with E-state index in [4.69, 9.17) is 4.74 Å². The van der Waals surface area contributed by atoms with Crippen molar-refractivity contribution in [1.29, 1.82) is 0 Å². The molecule has 0 bridgehead atoms. The largest absolute Gasteiger partial charge is 0.493 e. The molecule has 0 aliphatic heterocycles. The van der Waals surface area contributed by atoms with Crippen molar-refractivity contribution in [3.8, 4) is 5.75 Å². The normalized spacial score (nSPS) is 15.2.